The number of carbonyl (C=O) groups excluding carboxylic acids is 5. The van der Waals surface area contributed by atoms with E-state index in [-0.39, 0.29) is 54.6 Å². The number of nitrogens with one attached hydrogen (secondary N) is 3. The summed E-state index contributed by atoms with van der Waals surface area (Å²) in [4.78, 5) is 62.1. The van der Waals surface area contributed by atoms with E-state index in [1.165, 1.54) is 0 Å². The number of carbonyl (C=O) groups is 5. The standard InChI is InChI=1S/C31H50N4O6/c1-20(2)18-41-19-23-12-14-25(15-13-23)34-30(39)24(9-8-16-33-31(32)40)17-27(37)29(22(5)6)35-28(38)11-7-10-26(36)21(3)4/h12-15,20-22,24,29H,7-11,16-19H2,1-6H3,(H,34,39)(H,35,38)(H3,32,33,40)/t24-,29+/m0/s1. The van der Waals surface area contributed by atoms with Gasteiger partial charge in [-0.05, 0) is 48.8 Å². The van der Waals surface area contributed by atoms with Gasteiger partial charge in [-0.1, -0.05) is 53.7 Å². The molecule has 10 heteroatoms. The van der Waals surface area contributed by atoms with Crippen molar-refractivity contribution in [3.63, 3.8) is 0 Å². The minimum absolute atomic E-state index is 0.0709. The molecule has 230 valence electrons. The van der Waals surface area contributed by atoms with E-state index in [4.69, 9.17) is 10.5 Å². The van der Waals surface area contributed by atoms with E-state index in [0.717, 1.165) is 5.56 Å². The third-order valence-electron chi connectivity index (χ3n) is 6.59. The van der Waals surface area contributed by atoms with Crippen LogP contribution in [0.5, 0.6) is 0 Å². The summed E-state index contributed by atoms with van der Waals surface area (Å²) >= 11 is 0. The molecule has 0 bridgehead atoms. The second-order valence-corrected chi connectivity index (χ2v) is 11.7. The Kier molecular flexibility index (Phi) is 16.5. The van der Waals surface area contributed by atoms with Crippen molar-refractivity contribution in [3.8, 4) is 0 Å². The van der Waals surface area contributed by atoms with E-state index in [0.29, 0.717) is 50.5 Å². The SMILES string of the molecule is CC(C)COCc1ccc(NC(=O)[C@@H](CCCNC(N)=O)CC(=O)[C@H](NC(=O)CCCC(=O)C(C)C)C(C)C)cc1. The molecule has 2 atom stereocenters. The lowest BCUT2D eigenvalue weighted by atomic mass is 9.89. The average molecular weight is 575 g/mol. The summed E-state index contributed by atoms with van der Waals surface area (Å²) in [5.41, 5.74) is 6.72. The van der Waals surface area contributed by atoms with Crippen molar-refractivity contribution >= 4 is 35.1 Å². The molecule has 0 heterocycles. The molecule has 41 heavy (non-hydrogen) atoms. The molecule has 5 N–H and O–H groups in total. The Morgan fingerprint density at radius 3 is 2.10 bits per heavy atom. The first kappa shape index (κ1) is 35.8. The van der Waals surface area contributed by atoms with Gasteiger partial charge >= 0.3 is 6.03 Å². The molecule has 0 saturated heterocycles. The van der Waals surface area contributed by atoms with Crippen LogP contribution in [0.4, 0.5) is 10.5 Å². The molecular formula is C31H50N4O6. The first-order valence-corrected chi connectivity index (χ1v) is 14.7. The van der Waals surface area contributed by atoms with Gasteiger partial charge in [-0.2, -0.15) is 0 Å². The molecule has 0 aliphatic rings. The fourth-order valence-electron chi connectivity index (χ4n) is 4.17. The summed E-state index contributed by atoms with van der Waals surface area (Å²) in [6, 6.07) is 5.93. The van der Waals surface area contributed by atoms with Crippen LogP contribution in [0.15, 0.2) is 24.3 Å². The van der Waals surface area contributed by atoms with Crippen molar-refractivity contribution in [2.75, 3.05) is 18.5 Å². The normalized spacial score (nSPS) is 12.7. The van der Waals surface area contributed by atoms with E-state index in [2.05, 4.69) is 29.8 Å². The fraction of sp³-hybridized carbons (Fsp3) is 0.645. The second kappa shape index (κ2) is 19.0. The number of Topliss-reactive ketones (excluding diaryl/α,β-unsaturated/α-hetero) is 2. The molecule has 1 rings (SSSR count). The summed E-state index contributed by atoms with van der Waals surface area (Å²) < 4.78 is 5.66. The number of hydrogen-bond acceptors (Lipinski definition) is 6. The van der Waals surface area contributed by atoms with Crippen LogP contribution in [-0.4, -0.2) is 48.6 Å². The van der Waals surface area contributed by atoms with Gasteiger partial charge in [-0.25, -0.2) is 4.79 Å². The molecule has 0 aliphatic heterocycles. The number of ketones is 2. The molecule has 1 aromatic rings. The van der Waals surface area contributed by atoms with Crippen LogP contribution in [0.25, 0.3) is 0 Å². The predicted octanol–water partition coefficient (Wildman–Crippen LogP) is 4.36. The maximum Gasteiger partial charge on any atom is 0.312 e. The first-order chi connectivity index (χ1) is 19.3. The summed E-state index contributed by atoms with van der Waals surface area (Å²) in [5, 5.41) is 8.20. The zero-order chi connectivity index (χ0) is 30.9. The van der Waals surface area contributed by atoms with Crippen LogP contribution in [0.3, 0.4) is 0 Å². The molecule has 4 amide bonds. The number of primary amides is 1. The average Bonchev–Trinajstić information content (AvgIpc) is 2.89. The summed E-state index contributed by atoms with van der Waals surface area (Å²) in [7, 11) is 0. The van der Waals surface area contributed by atoms with Gasteiger partial charge in [-0.3, -0.25) is 19.2 Å². The quantitative estimate of drug-likeness (QED) is 0.170. The van der Waals surface area contributed by atoms with Gasteiger partial charge in [0.15, 0.2) is 5.78 Å². The summed E-state index contributed by atoms with van der Waals surface area (Å²) in [6.07, 6.45) is 1.61. The zero-order valence-corrected chi connectivity index (χ0v) is 25.6. The highest BCUT2D eigenvalue weighted by Crippen LogP contribution is 2.20. The number of ether oxygens (including phenoxy) is 1. The Bertz CT molecular complexity index is 991. The van der Waals surface area contributed by atoms with Crippen molar-refractivity contribution in [3.05, 3.63) is 29.8 Å². The Balaban J connectivity index is 2.85. The number of rotatable bonds is 20. The van der Waals surface area contributed by atoms with Crippen LogP contribution in [0.1, 0.15) is 85.6 Å². The van der Waals surface area contributed by atoms with Crippen LogP contribution in [-0.2, 0) is 30.5 Å². The third-order valence-corrected chi connectivity index (χ3v) is 6.59. The van der Waals surface area contributed by atoms with Crippen LogP contribution in [0, 0.1) is 23.7 Å². The molecule has 0 unspecified atom stereocenters. The maximum absolute atomic E-state index is 13.3. The van der Waals surface area contributed by atoms with E-state index >= 15 is 0 Å². The molecular weight excluding hydrogens is 524 g/mol. The monoisotopic (exact) mass is 574 g/mol. The van der Waals surface area contributed by atoms with Gasteiger partial charge in [0.05, 0.1) is 12.6 Å². The maximum atomic E-state index is 13.3. The number of benzene rings is 1. The van der Waals surface area contributed by atoms with Gasteiger partial charge in [0.25, 0.3) is 0 Å². The molecule has 0 radical (unpaired) electrons. The highest BCUT2D eigenvalue weighted by Gasteiger charge is 2.29. The number of nitrogens with two attached hydrogens (primary N) is 1. The lowest BCUT2D eigenvalue weighted by Crippen LogP contribution is -2.45. The van der Waals surface area contributed by atoms with E-state index in [9.17, 15) is 24.0 Å². The Morgan fingerprint density at radius 2 is 1.54 bits per heavy atom. The molecule has 10 nitrogen and oxygen atoms in total. The van der Waals surface area contributed by atoms with E-state index in [1.807, 2.05) is 39.8 Å². The molecule has 0 spiro atoms. The van der Waals surface area contributed by atoms with Crippen molar-refractivity contribution < 1.29 is 28.7 Å². The van der Waals surface area contributed by atoms with Gasteiger partial charge < -0.3 is 26.4 Å². The van der Waals surface area contributed by atoms with Crippen molar-refractivity contribution in [2.24, 2.45) is 29.4 Å². The molecule has 0 aliphatic carbocycles. The summed E-state index contributed by atoms with van der Waals surface area (Å²) in [5.74, 6) is -1.25. The number of anilines is 1. The smallest absolute Gasteiger partial charge is 0.312 e. The fourth-order valence-corrected chi connectivity index (χ4v) is 4.17. The van der Waals surface area contributed by atoms with Crippen LogP contribution < -0.4 is 21.7 Å². The van der Waals surface area contributed by atoms with Gasteiger partial charge in [0.2, 0.25) is 11.8 Å². The Labute approximate surface area is 244 Å². The third kappa shape index (κ3) is 15.3. The lowest BCUT2D eigenvalue weighted by Gasteiger charge is -2.24. The number of urea groups is 1. The zero-order valence-electron chi connectivity index (χ0n) is 25.6. The largest absolute Gasteiger partial charge is 0.377 e. The van der Waals surface area contributed by atoms with E-state index < -0.39 is 18.0 Å². The van der Waals surface area contributed by atoms with Crippen molar-refractivity contribution in [2.45, 2.75) is 92.7 Å². The van der Waals surface area contributed by atoms with Crippen molar-refractivity contribution in [1.29, 1.82) is 0 Å². The van der Waals surface area contributed by atoms with E-state index in [1.54, 1.807) is 12.1 Å². The van der Waals surface area contributed by atoms with Crippen LogP contribution in [0.2, 0.25) is 0 Å². The lowest BCUT2D eigenvalue weighted by molar-refractivity contribution is -0.131. The molecule has 1 aromatic carbocycles. The molecule has 0 fully saturated rings. The van der Waals surface area contributed by atoms with Gasteiger partial charge in [-0.15, -0.1) is 0 Å². The van der Waals surface area contributed by atoms with Crippen LogP contribution >= 0.6 is 0 Å². The summed E-state index contributed by atoms with van der Waals surface area (Å²) in [6.45, 7) is 12.9. The minimum Gasteiger partial charge on any atom is -0.377 e. The molecule has 0 aromatic heterocycles. The molecule has 0 saturated carbocycles. The topological polar surface area (TPSA) is 157 Å². The minimum atomic E-state index is -0.757. The highest BCUT2D eigenvalue weighted by molar-refractivity contribution is 5.97. The second-order valence-electron chi connectivity index (χ2n) is 11.7. The van der Waals surface area contributed by atoms with Crippen molar-refractivity contribution in [1.82, 2.24) is 10.6 Å². The van der Waals surface area contributed by atoms with Gasteiger partial charge in [0, 0.05) is 49.9 Å². The Hall–Kier alpha value is -3.27. The predicted molar refractivity (Wildman–Crippen MR) is 160 cm³/mol. The Morgan fingerprint density at radius 1 is 0.878 bits per heavy atom. The van der Waals surface area contributed by atoms with Gasteiger partial charge in [0.1, 0.15) is 5.78 Å². The number of amides is 4. The number of hydrogen-bond donors (Lipinski definition) is 4. The highest BCUT2D eigenvalue weighted by atomic mass is 16.5. The first-order valence-electron chi connectivity index (χ1n) is 14.7.